The summed E-state index contributed by atoms with van der Waals surface area (Å²) in [6.45, 7) is 0. The minimum atomic E-state index is -0.676. The Labute approximate surface area is 137 Å². The molecule has 2 aromatic rings. The van der Waals surface area contributed by atoms with Gasteiger partial charge in [-0.3, -0.25) is 10.1 Å². The highest BCUT2D eigenvalue weighted by Crippen LogP contribution is 2.37. The van der Waals surface area contributed by atoms with Crippen LogP contribution >= 0.6 is 39.1 Å². The zero-order valence-electron chi connectivity index (χ0n) is 10.3. The van der Waals surface area contributed by atoms with Crippen LogP contribution < -0.4 is 4.74 Å². The molecule has 0 bridgehead atoms. The molecule has 0 heterocycles. The molecule has 0 spiro atoms. The molecule has 21 heavy (non-hydrogen) atoms. The third kappa shape index (κ3) is 3.64. The van der Waals surface area contributed by atoms with Crippen LogP contribution in [0.25, 0.3) is 0 Å². The summed E-state index contributed by atoms with van der Waals surface area (Å²) in [4.78, 5) is 10.4. The largest absolute Gasteiger partial charge is 0.450 e. The van der Waals surface area contributed by atoms with E-state index < -0.39 is 10.7 Å². The van der Waals surface area contributed by atoms with Gasteiger partial charge in [-0.2, -0.15) is 0 Å². The number of alkyl halides is 1. The first kappa shape index (κ1) is 16.0. The average Bonchev–Trinajstić information content (AvgIpc) is 2.42. The van der Waals surface area contributed by atoms with Gasteiger partial charge < -0.3 is 4.74 Å². The summed E-state index contributed by atoms with van der Waals surface area (Å²) >= 11 is 14.5. The van der Waals surface area contributed by atoms with Gasteiger partial charge in [0.15, 0.2) is 0 Å². The second kappa shape index (κ2) is 6.60. The third-order valence-corrected chi connectivity index (χ3v) is 3.72. The van der Waals surface area contributed by atoms with E-state index in [-0.39, 0.29) is 27.5 Å². The van der Waals surface area contributed by atoms with E-state index in [2.05, 4.69) is 15.9 Å². The van der Waals surface area contributed by atoms with Crippen LogP contribution in [0.3, 0.4) is 0 Å². The van der Waals surface area contributed by atoms with Gasteiger partial charge in [0, 0.05) is 22.7 Å². The van der Waals surface area contributed by atoms with E-state index >= 15 is 0 Å². The summed E-state index contributed by atoms with van der Waals surface area (Å²) < 4.78 is 19.0. The van der Waals surface area contributed by atoms with Gasteiger partial charge in [0.05, 0.1) is 15.3 Å². The third-order valence-electron chi connectivity index (χ3n) is 2.59. The van der Waals surface area contributed by atoms with Gasteiger partial charge in [0.1, 0.15) is 11.6 Å². The molecule has 2 rings (SSSR count). The number of ether oxygens (including phenoxy) is 1. The van der Waals surface area contributed by atoms with Crippen molar-refractivity contribution in [1.29, 1.82) is 0 Å². The Hall–Kier alpha value is -1.37. The molecule has 0 radical (unpaired) electrons. The van der Waals surface area contributed by atoms with Crippen molar-refractivity contribution in [3.8, 4) is 11.5 Å². The minimum absolute atomic E-state index is 0.0230. The van der Waals surface area contributed by atoms with Gasteiger partial charge in [0.2, 0.25) is 5.75 Å². The first-order valence-electron chi connectivity index (χ1n) is 5.58. The summed E-state index contributed by atoms with van der Waals surface area (Å²) in [6.07, 6.45) is 0. The summed E-state index contributed by atoms with van der Waals surface area (Å²) in [5.41, 5.74) is 0.211. The molecule has 0 atom stereocenters. The molecule has 0 fully saturated rings. The summed E-state index contributed by atoms with van der Waals surface area (Å²) in [7, 11) is 0. The summed E-state index contributed by atoms with van der Waals surface area (Å²) in [6, 6.07) is 6.67. The Morgan fingerprint density at radius 1 is 1.29 bits per heavy atom. The standard InChI is InChI=1S/C13H7BrCl2FNO3/c14-9-4-11(18(19)20)13(5-10(9)17)21-12-3-8(16)2-1-7(12)6-15/h1-5H,6H2. The van der Waals surface area contributed by atoms with Crippen LogP contribution in [0, 0.1) is 15.9 Å². The second-order valence-corrected chi connectivity index (χ2v) is 5.54. The molecule has 0 N–H and O–H groups in total. The van der Waals surface area contributed by atoms with Crippen LogP contribution in [0.4, 0.5) is 10.1 Å². The highest BCUT2D eigenvalue weighted by molar-refractivity contribution is 9.10. The molecule has 4 nitrogen and oxygen atoms in total. The van der Waals surface area contributed by atoms with Crippen LogP contribution in [0.2, 0.25) is 5.02 Å². The number of nitrogens with zero attached hydrogens (tertiary/aromatic N) is 1. The number of benzene rings is 2. The zero-order valence-corrected chi connectivity index (χ0v) is 13.4. The lowest BCUT2D eigenvalue weighted by atomic mass is 10.2. The molecule has 0 unspecified atom stereocenters. The molecule has 0 amide bonds. The normalized spacial score (nSPS) is 10.5. The molecule has 0 saturated heterocycles. The highest BCUT2D eigenvalue weighted by Gasteiger charge is 2.20. The average molecular weight is 395 g/mol. The van der Waals surface area contributed by atoms with Crippen LogP contribution in [0.15, 0.2) is 34.8 Å². The molecule has 0 aromatic heterocycles. The minimum Gasteiger partial charge on any atom is -0.450 e. The van der Waals surface area contributed by atoms with Crippen LogP contribution in [-0.4, -0.2) is 4.92 Å². The zero-order chi connectivity index (χ0) is 15.6. The van der Waals surface area contributed by atoms with Crippen molar-refractivity contribution in [2.24, 2.45) is 0 Å². The van der Waals surface area contributed by atoms with Crippen molar-refractivity contribution in [2.45, 2.75) is 5.88 Å². The molecule has 110 valence electrons. The lowest BCUT2D eigenvalue weighted by molar-refractivity contribution is -0.385. The van der Waals surface area contributed by atoms with E-state index in [1.807, 2.05) is 0 Å². The van der Waals surface area contributed by atoms with Crippen LogP contribution in [0.5, 0.6) is 11.5 Å². The van der Waals surface area contributed by atoms with Gasteiger partial charge in [-0.25, -0.2) is 4.39 Å². The van der Waals surface area contributed by atoms with E-state index in [4.69, 9.17) is 27.9 Å². The quantitative estimate of drug-likeness (QED) is 0.380. The van der Waals surface area contributed by atoms with Gasteiger partial charge in [-0.15, -0.1) is 11.6 Å². The second-order valence-electron chi connectivity index (χ2n) is 3.98. The maximum atomic E-state index is 13.6. The number of hydrogen-bond donors (Lipinski definition) is 0. The Kier molecular flexibility index (Phi) is 5.03. The van der Waals surface area contributed by atoms with Crippen molar-refractivity contribution >= 4 is 44.8 Å². The van der Waals surface area contributed by atoms with E-state index in [9.17, 15) is 14.5 Å². The fourth-order valence-electron chi connectivity index (χ4n) is 1.59. The van der Waals surface area contributed by atoms with Crippen molar-refractivity contribution in [1.82, 2.24) is 0 Å². The smallest absolute Gasteiger partial charge is 0.312 e. The van der Waals surface area contributed by atoms with Crippen molar-refractivity contribution in [2.75, 3.05) is 0 Å². The van der Waals surface area contributed by atoms with Gasteiger partial charge in [0.25, 0.3) is 0 Å². The molecular weight excluding hydrogens is 388 g/mol. The number of hydrogen-bond acceptors (Lipinski definition) is 3. The van der Waals surface area contributed by atoms with Gasteiger partial charge >= 0.3 is 5.69 Å². The van der Waals surface area contributed by atoms with Crippen LogP contribution in [-0.2, 0) is 5.88 Å². The Morgan fingerprint density at radius 3 is 2.62 bits per heavy atom. The van der Waals surface area contributed by atoms with Crippen molar-refractivity contribution in [3.63, 3.8) is 0 Å². The van der Waals surface area contributed by atoms with E-state index in [0.29, 0.717) is 10.6 Å². The Balaban J connectivity index is 2.51. The summed E-state index contributed by atoms with van der Waals surface area (Å²) in [5, 5.41) is 11.4. The van der Waals surface area contributed by atoms with Gasteiger partial charge in [-0.1, -0.05) is 17.7 Å². The first-order chi connectivity index (χ1) is 9.92. The summed E-state index contributed by atoms with van der Waals surface area (Å²) in [5.74, 6) is -0.541. The maximum Gasteiger partial charge on any atom is 0.312 e. The number of nitro groups is 1. The molecule has 0 aliphatic carbocycles. The Morgan fingerprint density at radius 2 is 2.00 bits per heavy atom. The highest BCUT2D eigenvalue weighted by atomic mass is 79.9. The fraction of sp³-hybridized carbons (Fsp3) is 0.0769. The van der Waals surface area contributed by atoms with Gasteiger partial charge in [-0.05, 0) is 28.1 Å². The van der Waals surface area contributed by atoms with Crippen molar-refractivity contribution in [3.05, 3.63) is 61.3 Å². The maximum absolute atomic E-state index is 13.6. The number of rotatable bonds is 4. The SMILES string of the molecule is O=[N+]([O-])c1cc(Br)c(F)cc1Oc1cc(Cl)ccc1CCl. The van der Waals surface area contributed by atoms with Crippen LogP contribution in [0.1, 0.15) is 5.56 Å². The molecule has 0 saturated carbocycles. The van der Waals surface area contributed by atoms with E-state index in [0.717, 1.165) is 12.1 Å². The molecule has 2 aromatic carbocycles. The monoisotopic (exact) mass is 393 g/mol. The fourth-order valence-corrected chi connectivity index (χ4v) is 2.31. The predicted octanol–water partition coefficient (Wildman–Crippen LogP) is 5.68. The number of halogens is 4. The molecule has 0 aliphatic rings. The lowest BCUT2D eigenvalue weighted by Gasteiger charge is -2.11. The van der Waals surface area contributed by atoms with Crippen molar-refractivity contribution < 1.29 is 14.1 Å². The molecular formula is C13H7BrCl2FNO3. The number of nitro benzene ring substituents is 1. The van der Waals surface area contributed by atoms with E-state index in [1.54, 1.807) is 12.1 Å². The lowest BCUT2D eigenvalue weighted by Crippen LogP contribution is -1.97. The van der Waals surface area contributed by atoms with E-state index in [1.165, 1.54) is 6.07 Å². The first-order valence-corrected chi connectivity index (χ1v) is 7.28. The predicted molar refractivity (Wildman–Crippen MR) is 81.8 cm³/mol. The topological polar surface area (TPSA) is 52.4 Å². The molecule has 0 aliphatic heterocycles. The Bertz CT molecular complexity index is 712. The molecule has 8 heteroatoms.